The molecule has 42 heavy (non-hydrogen) atoms. The van der Waals surface area contributed by atoms with Crippen molar-refractivity contribution in [3.8, 4) is 0 Å². The molecule has 0 saturated carbocycles. The summed E-state index contributed by atoms with van der Waals surface area (Å²) in [6, 6.07) is 32.0. The molecular weight excluding hydrogens is 544 g/mol. The van der Waals surface area contributed by atoms with Gasteiger partial charge in [-0.25, -0.2) is 4.99 Å². The zero-order chi connectivity index (χ0) is 28.6. The van der Waals surface area contributed by atoms with Crippen molar-refractivity contribution in [1.29, 1.82) is 0 Å². The number of carbonyl (C=O) groups is 1. The largest absolute Gasteiger partial charge is 0.371 e. The lowest BCUT2D eigenvalue weighted by molar-refractivity contribution is -0.384. The second-order valence-electron chi connectivity index (χ2n) is 10.8. The topological polar surface area (TPSA) is 87.8 Å². The second kappa shape index (κ2) is 10.9. The first kappa shape index (κ1) is 26.2. The number of hydrogen-bond donors (Lipinski definition) is 1. The van der Waals surface area contributed by atoms with Crippen LogP contribution < -0.4 is 10.2 Å². The molecule has 1 fully saturated rings. The fraction of sp³-hybridized carbons (Fsp3) is 0.176. The van der Waals surface area contributed by atoms with Gasteiger partial charge >= 0.3 is 0 Å². The van der Waals surface area contributed by atoms with E-state index in [1.165, 1.54) is 51.8 Å². The number of non-ortho nitro benzene ring substituents is 1. The van der Waals surface area contributed by atoms with Gasteiger partial charge in [0.25, 0.3) is 11.6 Å². The van der Waals surface area contributed by atoms with Gasteiger partial charge in [0.2, 0.25) is 0 Å². The third kappa shape index (κ3) is 4.99. The van der Waals surface area contributed by atoms with Gasteiger partial charge in [0.1, 0.15) is 0 Å². The zero-order valence-corrected chi connectivity index (χ0v) is 23.6. The van der Waals surface area contributed by atoms with E-state index in [-0.39, 0.29) is 23.4 Å². The van der Waals surface area contributed by atoms with E-state index in [2.05, 4.69) is 83.0 Å². The number of benzene rings is 4. The SMILES string of the molecule is O=C1NC(=Nc2cc3c4c(c2)[C@@H](c2ccccc2)CCN4CC[C@@H]3c2ccccc2)S/C1=C\c1cccc([N+](=O)[O-])c1. The number of nitrogens with zero attached hydrogens (tertiary/aromatic N) is 3. The number of carbonyl (C=O) groups excluding carboxylic acids is 1. The molecule has 4 aromatic rings. The highest BCUT2D eigenvalue weighted by Gasteiger charge is 2.35. The highest BCUT2D eigenvalue weighted by atomic mass is 32.2. The number of thioether (sulfide) groups is 1. The van der Waals surface area contributed by atoms with Gasteiger partial charge in [-0.1, -0.05) is 72.8 Å². The smallest absolute Gasteiger partial charge is 0.270 e. The highest BCUT2D eigenvalue weighted by Crippen LogP contribution is 2.50. The first-order chi connectivity index (χ1) is 20.5. The van der Waals surface area contributed by atoms with Gasteiger partial charge in [-0.3, -0.25) is 14.9 Å². The summed E-state index contributed by atoms with van der Waals surface area (Å²) in [6.45, 7) is 2.04. The quantitative estimate of drug-likeness (QED) is 0.153. The molecular formula is C34H28N4O3S. The van der Waals surface area contributed by atoms with Crippen LogP contribution in [0, 0.1) is 10.1 Å². The van der Waals surface area contributed by atoms with Crippen molar-refractivity contribution >= 4 is 46.0 Å². The van der Waals surface area contributed by atoms with Crippen molar-refractivity contribution < 1.29 is 9.72 Å². The Balaban J connectivity index is 1.30. The number of aliphatic imine (C=N–C) groups is 1. The fourth-order valence-electron chi connectivity index (χ4n) is 6.38. The minimum Gasteiger partial charge on any atom is -0.371 e. The molecule has 1 N–H and O–H groups in total. The molecule has 0 aliphatic carbocycles. The Morgan fingerprint density at radius 1 is 0.857 bits per heavy atom. The predicted molar refractivity (Wildman–Crippen MR) is 168 cm³/mol. The maximum absolute atomic E-state index is 12.9. The van der Waals surface area contributed by atoms with E-state index in [4.69, 9.17) is 4.99 Å². The first-order valence-corrected chi connectivity index (χ1v) is 14.9. The van der Waals surface area contributed by atoms with Crippen molar-refractivity contribution in [2.75, 3.05) is 18.0 Å². The molecule has 8 heteroatoms. The number of nitro benzene ring substituents is 1. The van der Waals surface area contributed by atoms with Crippen LogP contribution in [0.5, 0.6) is 0 Å². The summed E-state index contributed by atoms with van der Waals surface area (Å²) < 4.78 is 0. The Morgan fingerprint density at radius 2 is 1.48 bits per heavy atom. The molecule has 0 unspecified atom stereocenters. The van der Waals surface area contributed by atoms with Crippen LogP contribution in [0.2, 0.25) is 0 Å². The molecule has 3 heterocycles. The van der Waals surface area contributed by atoms with E-state index in [1.54, 1.807) is 18.2 Å². The van der Waals surface area contributed by atoms with Gasteiger partial charge in [-0.05, 0) is 70.6 Å². The van der Waals surface area contributed by atoms with Crippen molar-refractivity contribution in [3.05, 3.63) is 140 Å². The summed E-state index contributed by atoms with van der Waals surface area (Å²) in [4.78, 5) is 31.5. The number of nitrogens with one attached hydrogen (secondary N) is 1. The fourth-order valence-corrected chi connectivity index (χ4v) is 7.22. The molecule has 1 saturated heterocycles. The molecule has 0 radical (unpaired) electrons. The summed E-state index contributed by atoms with van der Waals surface area (Å²) in [5.74, 6) is 0.266. The Morgan fingerprint density at radius 3 is 2.07 bits per heavy atom. The molecule has 0 bridgehead atoms. The summed E-state index contributed by atoms with van der Waals surface area (Å²) in [6.07, 6.45) is 3.74. The van der Waals surface area contributed by atoms with Gasteiger partial charge in [0.05, 0.1) is 15.5 Å². The lowest BCUT2D eigenvalue weighted by Crippen LogP contribution is -2.37. The van der Waals surface area contributed by atoms with Crippen LogP contribution in [0.4, 0.5) is 17.1 Å². The van der Waals surface area contributed by atoms with Gasteiger partial charge in [0.15, 0.2) is 5.17 Å². The van der Waals surface area contributed by atoms with Crippen LogP contribution in [0.25, 0.3) is 6.08 Å². The Hall–Kier alpha value is -4.69. The molecule has 1 amide bonds. The van der Waals surface area contributed by atoms with E-state index < -0.39 is 4.92 Å². The van der Waals surface area contributed by atoms with Gasteiger partial charge in [-0.15, -0.1) is 0 Å². The molecule has 0 aromatic heterocycles. The molecule has 4 aromatic carbocycles. The van der Waals surface area contributed by atoms with E-state index in [1.807, 2.05) is 0 Å². The second-order valence-corrected chi connectivity index (χ2v) is 11.8. The van der Waals surface area contributed by atoms with Crippen LogP contribution in [0.3, 0.4) is 0 Å². The molecule has 7 rings (SSSR count). The lowest BCUT2D eigenvalue weighted by Gasteiger charge is -2.43. The Labute approximate surface area is 248 Å². The molecule has 7 nitrogen and oxygen atoms in total. The normalized spacial score (nSPS) is 21.3. The third-order valence-electron chi connectivity index (χ3n) is 8.26. The van der Waals surface area contributed by atoms with Crippen molar-refractivity contribution in [3.63, 3.8) is 0 Å². The van der Waals surface area contributed by atoms with Crippen molar-refractivity contribution in [1.82, 2.24) is 5.32 Å². The Kier molecular flexibility index (Phi) is 6.83. The van der Waals surface area contributed by atoms with E-state index in [0.29, 0.717) is 15.6 Å². The van der Waals surface area contributed by atoms with Gasteiger partial charge < -0.3 is 10.2 Å². The maximum atomic E-state index is 12.9. The standard InChI is InChI=1S/C34H28N4O3S/c39-33-31(19-22-8-7-13-26(18-22)38(40)41)42-34(36-33)35-25-20-29-27(23-9-3-1-4-10-23)14-16-37-17-15-28(30(21-25)32(29)37)24-11-5-2-6-12-24/h1-13,18-21,27-28H,14-17H2,(H,35,36,39)/b31-19-/t27-,28-/m1/s1. The molecule has 208 valence electrons. The summed E-state index contributed by atoms with van der Waals surface area (Å²) >= 11 is 1.25. The maximum Gasteiger partial charge on any atom is 0.270 e. The third-order valence-corrected chi connectivity index (χ3v) is 9.17. The van der Waals surface area contributed by atoms with Crippen LogP contribution in [-0.4, -0.2) is 29.1 Å². The van der Waals surface area contributed by atoms with Crippen LogP contribution in [0.1, 0.15) is 52.5 Å². The summed E-state index contributed by atoms with van der Waals surface area (Å²) in [5.41, 5.74) is 7.89. The van der Waals surface area contributed by atoms with E-state index >= 15 is 0 Å². The van der Waals surface area contributed by atoms with Gasteiger partial charge in [0, 0.05) is 42.7 Å². The number of rotatable bonds is 5. The zero-order valence-electron chi connectivity index (χ0n) is 22.8. The number of amides is 1. The summed E-state index contributed by atoms with van der Waals surface area (Å²) in [5, 5.41) is 14.6. The van der Waals surface area contributed by atoms with Crippen LogP contribution in [0.15, 0.2) is 107 Å². The molecule has 3 aliphatic rings. The summed E-state index contributed by atoms with van der Waals surface area (Å²) in [7, 11) is 0. The van der Waals surface area contributed by atoms with Crippen LogP contribution >= 0.6 is 11.8 Å². The van der Waals surface area contributed by atoms with Gasteiger partial charge in [-0.2, -0.15) is 0 Å². The van der Waals surface area contributed by atoms with E-state index in [9.17, 15) is 14.9 Å². The lowest BCUT2D eigenvalue weighted by atomic mass is 9.76. The number of hydrogen-bond acceptors (Lipinski definition) is 6. The van der Waals surface area contributed by atoms with Crippen molar-refractivity contribution in [2.45, 2.75) is 24.7 Å². The molecule has 2 atom stereocenters. The predicted octanol–water partition coefficient (Wildman–Crippen LogP) is 7.36. The molecule has 3 aliphatic heterocycles. The highest BCUT2D eigenvalue weighted by molar-refractivity contribution is 8.18. The number of anilines is 1. The monoisotopic (exact) mass is 572 g/mol. The van der Waals surface area contributed by atoms with Crippen molar-refractivity contribution in [2.24, 2.45) is 4.99 Å². The van der Waals surface area contributed by atoms with E-state index in [0.717, 1.165) is 31.6 Å². The minimum absolute atomic E-state index is 0.0142. The first-order valence-electron chi connectivity index (χ1n) is 14.1. The minimum atomic E-state index is -0.439. The average Bonchev–Trinajstić information content (AvgIpc) is 3.36. The van der Waals surface area contributed by atoms with Crippen LogP contribution in [-0.2, 0) is 4.79 Å². The average molecular weight is 573 g/mol. The number of amidine groups is 1. The Bertz CT molecular complexity index is 1680. The molecule has 0 spiro atoms. The number of nitro groups is 1.